The van der Waals surface area contributed by atoms with E-state index in [1.54, 1.807) is 19.0 Å². The Labute approximate surface area is 177 Å². The van der Waals surface area contributed by atoms with Gasteiger partial charge in [0.05, 0.1) is 0 Å². The second kappa shape index (κ2) is 14.0. The smallest absolute Gasteiger partial charge is 0.253 e. The first-order chi connectivity index (χ1) is 13.9. The number of nitrogens with one attached hydrogen (secondary N) is 2. The molecule has 29 heavy (non-hydrogen) atoms. The van der Waals surface area contributed by atoms with Gasteiger partial charge in [-0.2, -0.15) is 0 Å². The molecule has 1 unspecified atom stereocenters. The third kappa shape index (κ3) is 9.79. The van der Waals surface area contributed by atoms with Gasteiger partial charge in [-0.3, -0.25) is 9.79 Å². The van der Waals surface area contributed by atoms with E-state index in [1.165, 1.54) is 6.42 Å². The van der Waals surface area contributed by atoms with Crippen molar-refractivity contribution in [2.75, 3.05) is 46.8 Å². The van der Waals surface area contributed by atoms with E-state index < -0.39 is 0 Å². The fourth-order valence-electron chi connectivity index (χ4n) is 3.20. The lowest BCUT2D eigenvalue weighted by Gasteiger charge is -2.21. The number of guanidine groups is 1. The van der Waals surface area contributed by atoms with Crippen LogP contribution < -0.4 is 10.6 Å². The Morgan fingerprint density at radius 3 is 2.52 bits per heavy atom. The zero-order valence-electron chi connectivity index (χ0n) is 19.3. The molecule has 0 radical (unpaired) electrons. The summed E-state index contributed by atoms with van der Waals surface area (Å²) in [4.78, 5) is 20.9. The molecule has 0 heterocycles. The lowest BCUT2D eigenvalue weighted by Crippen LogP contribution is -2.42. The Hall–Kier alpha value is -2.08. The summed E-state index contributed by atoms with van der Waals surface area (Å²) in [6, 6.07) is 8.20. The lowest BCUT2D eigenvalue weighted by atomic mass is 10.1. The Balaban J connectivity index is 2.55. The first kappa shape index (κ1) is 25.0. The third-order valence-corrected chi connectivity index (χ3v) is 4.98. The summed E-state index contributed by atoms with van der Waals surface area (Å²) in [5.74, 6) is 0.896. The minimum Gasteiger partial charge on any atom is -0.357 e. The molecule has 0 spiro atoms. The molecule has 2 N–H and O–H groups in total. The summed E-state index contributed by atoms with van der Waals surface area (Å²) in [6.07, 6.45) is 3.11. The second-order valence-electron chi connectivity index (χ2n) is 7.63. The molecular weight excluding hydrogens is 362 g/mol. The van der Waals surface area contributed by atoms with Crippen LogP contribution in [0.4, 0.5) is 0 Å². The van der Waals surface area contributed by atoms with Gasteiger partial charge in [0, 0.05) is 38.8 Å². The molecule has 164 valence electrons. The van der Waals surface area contributed by atoms with E-state index in [0.717, 1.165) is 56.1 Å². The number of benzene rings is 1. The largest absolute Gasteiger partial charge is 0.357 e. The number of aliphatic imine (C=N–C) groups is 1. The molecule has 0 aliphatic carbocycles. The lowest BCUT2D eigenvalue weighted by molar-refractivity contribution is 0.0827. The van der Waals surface area contributed by atoms with Crippen molar-refractivity contribution in [3.63, 3.8) is 0 Å². The molecule has 0 aliphatic rings. The highest BCUT2D eigenvalue weighted by molar-refractivity contribution is 5.94. The molecule has 1 rings (SSSR count). The number of nitrogens with zero attached hydrogens (tertiary/aromatic N) is 3. The third-order valence-electron chi connectivity index (χ3n) is 4.98. The SMILES string of the molecule is CCNC(=NCCc1cccc(C(=O)N(C)C)c1)NC(C)CCCN(CC)CC. The van der Waals surface area contributed by atoms with Crippen LogP contribution in [-0.2, 0) is 6.42 Å². The molecule has 1 aromatic rings. The molecule has 0 saturated carbocycles. The molecular formula is C23H41N5O. The molecule has 0 aromatic heterocycles. The van der Waals surface area contributed by atoms with E-state index in [4.69, 9.17) is 4.99 Å². The summed E-state index contributed by atoms with van der Waals surface area (Å²) < 4.78 is 0. The summed E-state index contributed by atoms with van der Waals surface area (Å²) in [5, 5.41) is 6.85. The summed E-state index contributed by atoms with van der Waals surface area (Å²) in [5.41, 5.74) is 1.85. The molecule has 1 amide bonds. The van der Waals surface area contributed by atoms with Crippen molar-refractivity contribution in [3.8, 4) is 0 Å². The van der Waals surface area contributed by atoms with Gasteiger partial charge in [-0.15, -0.1) is 0 Å². The van der Waals surface area contributed by atoms with E-state index in [-0.39, 0.29) is 5.91 Å². The van der Waals surface area contributed by atoms with Crippen LogP contribution in [0.2, 0.25) is 0 Å². The standard InChI is InChI=1S/C23H41N5O/c1-7-24-23(26-19(4)12-11-17-28(8-2)9-3)25-16-15-20-13-10-14-21(18-20)22(29)27(5)6/h10,13-14,18-19H,7-9,11-12,15-17H2,1-6H3,(H2,24,25,26). The summed E-state index contributed by atoms with van der Waals surface area (Å²) >= 11 is 0. The Morgan fingerprint density at radius 1 is 1.17 bits per heavy atom. The van der Waals surface area contributed by atoms with Gasteiger partial charge in [-0.1, -0.05) is 26.0 Å². The maximum absolute atomic E-state index is 12.1. The monoisotopic (exact) mass is 403 g/mol. The molecule has 0 aliphatic heterocycles. The minimum atomic E-state index is 0.0314. The average Bonchev–Trinajstić information content (AvgIpc) is 2.71. The fourth-order valence-corrected chi connectivity index (χ4v) is 3.20. The number of hydrogen-bond acceptors (Lipinski definition) is 3. The zero-order valence-corrected chi connectivity index (χ0v) is 19.3. The van der Waals surface area contributed by atoms with E-state index in [0.29, 0.717) is 12.6 Å². The predicted octanol–water partition coefficient (Wildman–Crippen LogP) is 3.00. The number of carbonyl (C=O) groups is 1. The zero-order chi connectivity index (χ0) is 21.6. The first-order valence-electron chi connectivity index (χ1n) is 11.0. The van der Waals surface area contributed by atoms with E-state index >= 15 is 0 Å². The Kier molecular flexibility index (Phi) is 12.0. The second-order valence-corrected chi connectivity index (χ2v) is 7.63. The van der Waals surface area contributed by atoms with Gasteiger partial charge >= 0.3 is 0 Å². The van der Waals surface area contributed by atoms with Crippen molar-refractivity contribution in [1.82, 2.24) is 20.4 Å². The van der Waals surface area contributed by atoms with Crippen LogP contribution in [0.5, 0.6) is 0 Å². The molecule has 0 saturated heterocycles. The molecule has 6 heteroatoms. The Bertz CT molecular complexity index is 625. The van der Waals surface area contributed by atoms with E-state index in [1.807, 2.05) is 18.2 Å². The van der Waals surface area contributed by atoms with Gasteiger partial charge in [0.1, 0.15) is 0 Å². The van der Waals surface area contributed by atoms with Crippen LogP contribution in [-0.4, -0.2) is 74.5 Å². The van der Waals surface area contributed by atoms with Gasteiger partial charge in [0.15, 0.2) is 5.96 Å². The maximum Gasteiger partial charge on any atom is 0.253 e. The maximum atomic E-state index is 12.1. The van der Waals surface area contributed by atoms with Crippen molar-refractivity contribution in [1.29, 1.82) is 0 Å². The molecule has 1 atom stereocenters. The van der Waals surface area contributed by atoms with Crippen molar-refractivity contribution >= 4 is 11.9 Å². The van der Waals surface area contributed by atoms with Crippen LogP contribution in [0, 0.1) is 0 Å². The quantitative estimate of drug-likeness (QED) is 0.416. The van der Waals surface area contributed by atoms with Crippen molar-refractivity contribution in [2.24, 2.45) is 4.99 Å². The normalized spacial score (nSPS) is 12.7. The van der Waals surface area contributed by atoms with Gasteiger partial charge in [0.25, 0.3) is 5.91 Å². The van der Waals surface area contributed by atoms with Gasteiger partial charge in [0.2, 0.25) is 0 Å². The first-order valence-corrected chi connectivity index (χ1v) is 11.0. The molecule has 0 bridgehead atoms. The van der Waals surface area contributed by atoms with Gasteiger partial charge in [-0.25, -0.2) is 0 Å². The number of carbonyl (C=O) groups excluding carboxylic acids is 1. The number of amides is 1. The van der Waals surface area contributed by atoms with Crippen molar-refractivity contribution in [3.05, 3.63) is 35.4 Å². The number of rotatable bonds is 12. The van der Waals surface area contributed by atoms with E-state index in [9.17, 15) is 4.79 Å². The van der Waals surface area contributed by atoms with Gasteiger partial charge in [-0.05, 0) is 70.4 Å². The Morgan fingerprint density at radius 2 is 1.90 bits per heavy atom. The van der Waals surface area contributed by atoms with Crippen LogP contribution in [0.25, 0.3) is 0 Å². The van der Waals surface area contributed by atoms with Crippen LogP contribution in [0.15, 0.2) is 29.3 Å². The van der Waals surface area contributed by atoms with Crippen LogP contribution in [0.1, 0.15) is 56.5 Å². The highest BCUT2D eigenvalue weighted by Gasteiger charge is 2.09. The topological polar surface area (TPSA) is 60.0 Å². The molecule has 0 fully saturated rings. The van der Waals surface area contributed by atoms with Crippen molar-refractivity contribution in [2.45, 2.75) is 53.0 Å². The van der Waals surface area contributed by atoms with Crippen LogP contribution in [0.3, 0.4) is 0 Å². The van der Waals surface area contributed by atoms with Crippen LogP contribution >= 0.6 is 0 Å². The highest BCUT2D eigenvalue weighted by atomic mass is 16.2. The summed E-state index contributed by atoms with van der Waals surface area (Å²) in [6.45, 7) is 13.6. The predicted molar refractivity (Wildman–Crippen MR) is 124 cm³/mol. The number of hydrogen-bond donors (Lipinski definition) is 2. The van der Waals surface area contributed by atoms with Gasteiger partial charge < -0.3 is 20.4 Å². The minimum absolute atomic E-state index is 0.0314. The average molecular weight is 404 g/mol. The summed E-state index contributed by atoms with van der Waals surface area (Å²) in [7, 11) is 3.55. The highest BCUT2D eigenvalue weighted by Crippen LogP contribution is 2.08. The fraction of sp³-hybridized carbons (Fsp3) is 0.652. The molecule has 6 nitrogen and oxygen atoms in total. The molecule has 1 aromatic carbocycles. The van der Waals surface area contributed by atoms with Crippen molar-refractivity contribution < 1.29 is 4.79 Å². The van der Waals surface area contributed by atoms with E-state index in [2.05, 4.69) is 49.3 Å².